The summed E-state index contributed by atoms with van der Waals surface area (Å²) in [5.74, 6) is 0. The number of rotatable bonds is 5. The van der Waals surface area contributed by atoms with Crippen molar-refractivity contribution in [1.29, 1.82) is 0 Å². The average Bonchev–Trinajstić information content (AvgIpc) is 2.02. The lowest BCUT2D eigenvalue weighted by Gasteiger charge is -2.56. The first-order valence-corrected chi connectivity index (χ1v) is 6.79. The summed E-state index contributed by atoms with van der Waals surface area (Å²) in [6.07, 6.45) is 5.59. The molecule has 16 heavy (non-hydrogen) atoms. The van der Waals surface area contributed by atoms with Gasteiger partial charge < -0.3 is 4.74 Å². The molecule has 1 aliphatic heterocycles. The highest BCUT2D eigenvalue weighted by Gasteiger charge is 2.46. The molecule has 0 N–H and O–H groups in total. The molecule has 1 heterocycles. The lowest BCUT2D eigenvalue weighted by atomic mass is 9.63. The van der Waals surface area contributed by atoms with E-state index >= 15 is 0 Å². The third kappa shape index (κ3) is 3.21. The van der Waals surface area contributed by atoms with Gasteiger partial charge in [-0.3, -0.25) is 4.90 Å². The first-order valence-electron chi connectivity index (χ1n) is 6.79. The normalized spacial score (nSPS) is 24.2. The fraction of sp³-hybridized carbons (Fsp3) is 1.00. The SMILES string of the molecule is CC(C)(C)CCOCCN1CC2(CCC2)C1. The minimum Gasteiger partial charge on any atom is -0.380 e. The van der Waals surface area contributed by atoms with Crippen molar-refractivity contribution in [1.82, 2.24) is 4.90 Å². The third-order valence-corrected chi connectivity index (χ3v) is 4.08. The van der Waals surface area contributed by atoms with Crippen LogP contribution in [-0.4, -0.2) is 37.7 Å². The average molecular weight is 225 g/mol. The van der Waals surface area contributed by atoms with E-state index in [2.05, 4.69) is 25.7 Å². The fourth-order valence-corrected chi connectivity index (χ4v) is 2.73. The van der Waals surface area contributed by atoms with Gasteiger partial charge in [0.1, 0.15) is 0 Å². The molecule has 94 valence electrons. The summed E-state index contributed by atoms with van der Waals surface area (Å²) in [4.78, 5) is 2.55. The van der Waals surface area contributed by atoms with Crippen LogP contribution in [0.5, 0.6) is 0 Å². The van der Waals surface area contributed by atoms with E-state index in [-0.39, 0.29) is 0 Å². The van der Waals surface area contributed by atoms with Crippen LogP contribution in [0.4, 0.5) is 0 Å². The predicted molar refractivity (Wildman–Crippen MR) is 67.6 cm³/mol. The summed E-state index contributed by atoms with van der Waals surface area (Å²) >= 11 is 0. The topological polar surface area (TPSA) is 12.5 Å². The second-order valence-electron chi connectivity index (χ2n) is 6.99. The molecule has 0 radical (unpaired) electrons. The Hall–Kier alpha value is -0.0800. The van der Waals surface area contributed by atoms with Crippen molar-refractivity contribution in [3.8, 4) is 0 Å². The summed E-state index contributed by atoms with van der Waals surface area (Å²) in [6, 6.07) is 0. The van der Waals surface area contributed by atoms with Gasteiger partial charge in [0.15, 0.2) is 0 Å². The number of hydrogen-bond donors (Lipinski definition) is 0. The van der Waals surface area contributed by atoms with Crippen molar-refractivity contribution in [2.75, 3.05) is 32.8 Å². The summed E-state index contributed by atoms with van der Waals surface area (Å²) in [5.41, 5.74) is 1.18. The van der Waals surface area contributed by atoms with E-state index in [4.69, 9.17) is 4.74 Å². The first-order chi connectivity index (χ1) is 7.49. The third-order valence-electron chi connectivity index (χ3n) is 4.08. The number of likely N-dealkylation sites (tertiary alicyclic amines) is 1. The summed E-state index contributed by atoms with van der Waals surface area (Å²) < 4.78 is 5.69. The van der Waals surface area contributed by atoms with Crippen LogP contribution < -0.4 is 0 Å². The van der Waals surface area contributed by atoms with Gasteiger partial charge in [-0.1, -0.05) is 27.2 Å². The molecule has 0 aromatic carbocycles. The van der Waals surface area contributed by atoms with E-state index in [0.717, 1.165) is 31.6 Å². The molecule has 2 fully saturated rings. The summed E-state index contributed by atoms with van der Waals surface area (Å²) in [5, 5.41) is 0. The molecular formula is C14H27NO. The molecule has 0 atom stereocenters. The maximum Gasteiger partial charge on any atom is 0.0593 e. The molecule has 2 heteroatoms. The Balaban J connectivity index is 1.44. The van der Waals surface area contributed by atoms with Crippen LogP contribution in [-0.2, 0) is 4.74 Å². The van der Waals surface area contributed by atoms with Crippen LogP contribution in [0.15, 0.2) is 0 Å². The molecule has 2 nitrogen and oxygen atoms in total. The van der Waals surface area contributed by atoms with Crippen molar-refractivity contribution >= 4 is 0 Å². The van der Waals surface area contributed by atoms with E-state index in [1.54, 1.807) is 0 Å². The van der Waals surface area contributed by atoms with Crippen LogP contribution in [0.1, 0.15) is 46.5 Å². The molecule has 1 saturated carbocycles. The minimum atomic E-state index is 0.409. The maximum absolute atomic E-state index is 5.69. The largest absolute Gasteiger partial charge is 0.380 e. The van der Waals surface area contributed by atoms with Crippen LogP contribution in [0.3, 0.4) is 0 Å². The Bertz CT molecular complexity index is 219. The zero-order chi connectivity index (χ0) is 11.6. The molecule has 0 aromatic rings. The standard InChI is InChI=1S/C14H27NO/c1-13(2,3)7-9-16-10-8-15-11-14(12-15)5-4-6-14/h4-12H2,1-3H3. The number of ether oxygens (including phenoxy) is 1. The minimum absolute atomic E-state index is 0.409. The summed E-state index contributed by atoms with van der Waals surface area (Å²) in [7, 11) is 0. The van der Waals surface area contributed by atoms with Crippen LogP contribution in [0, 0.1) is 10.8 Å². The molecule has 1 saturated heterocycles. The predicted octanol–water partition coefficient (Wildman–Crippen LogP) is 2.93. The van der Waals surface area contributed by atoms with Gasteiger partial charge in [-0.25, -0.2) is 0 Å². The summed E-state index contributed by atoms with van der Waals surface area (Å²) in [6.45, 7) is 12.5. The van der Waals surface area contributed by atoms with Crippen LogP contribution in [0.2, 0.25) is 0 Å². The van der Waals surface area contributed by atoms with E-state index in [9.17, 15) is 0 Å². The zero-order valence-corrected chi connectivity index (χ0v) is 11.2. The zero-order valence-electron chi connectivity index (χ0n) is 11.2. The monoisotopic (exact) mass is 225 g/mol. The van der Waals surface area contributed by atoms with E-state index in [1.807, 2.05) is 0 Å². The Labute approximate surface area is 100 Å². The molecule has 0 amide bonds. The van der Waals surface area contributed by atoms with Crippen molar-refractivity contribution in [2.24, 2.45) is 10.8 Å². The van der Waals surface area contributed by atoms with E-state index in [0.29, 0.717) is 5.41 Å². The van der Waals surface area contributed by atoms with Gasteiger partial charge in [-0.2, -0.15) is 0 Å². The Morgan fingerprint density at radius 1 is 1.12 bits per heavy atom. The quantitative estimate of drug-likeness (QED) is 0.667. The van der Waals surface area contributed by atoms with E-state index in [1.165, 1.54) is 32.4 Å². The lowest BCUT2D eigenvalue weighted by molar-refractivity contribution is -0.0703. The fourth-order valence-electron chi connectivity index (χ4n) is 2.73. The Morgan fingerprint density at radius 2 is 1.81 bits per heavy atom. The molecule has 2 rings (SSSR count). The van der Waals surface area contributed by atoms with Crippen molar-refractivity contribution in [3.63, 3.8) is 0 Å². The highest BCUT2D eigenvalue weighted by Crippen LogP contribution is 2.47. The number of nitrogens with zero attached hydrogens (tertiary/aromatic N) is 1. The van der Waals surface area contributed by atoms with Crippen LogP contribution in [0.25, 0.3) is 0 Å². The molecule has 1 aliphatic carbocycles. The van der Waals surface area contributed by atoms with Crippen LogP contribution >= 0.6 is 0 Å². The lowest BCUT2D eigenvalue weighted by Crippen LogP contribution is -2.60. The van der Waals surface area contributed by atoms with Crippen molar-refractivity contribution in [3.05, 3.63) is 0 Å². The highest BCUT2D eigenvalue weighted by atomic mass is 16.5. The van der Waals surface area contributed by atoms with E-state index < -0.39 is 0 Å². The molecule has 1 spiro atoms. The van der Waals surface area contributed by atoms with Crippen molar-refractivity contribution < 1.29 is 4.74 Å². The van der Waals surface area contributed by atoms with Gasteiger partial charge in [0.05, 0.1) is 6.61 Å². The second kappa shape index (κ2) is 4.66. The number of hydrogen-bond acceptors (Lipinski definition) is 2. The molecular weight excluding hydrogens is 198 g/mol. The van der Waals surface area contributed by atoms with Gasteiger partial charge in [0.2, 0.25) is 0 Å². The van der Waals surface area contributed by atoms with Gasteiger partial charge in [0, 0.05) is 26.2 Å². The highest BCUT2D eigenvalue weighted by molar-refractivity contribution is 5.00. The van der Waals surface area contributed by atoms with Crippen molar-refractivity contribution in [2.45, 2.75) is 46.5 Å². The van der Waals surface area contributed by atoms with Gasteiger partial charge in [0.25, 0.3) is 0 Å². The smallest absolute Gasteiger partial charge is 0.0593 e. The molecule has 2 aliphatic rings. The van der Waals surface area contributed by atoms with Gasteiger partial charge in [-0.05, 0) is 30.1 Å². The second-order valence-corrected chi connectivity index (χ2v) is 6.99. The first kappa shape index (κ1) is 12.4. The Morgan fingerprint density at radius 3 is 2.31 bits per heavy atom. The van der Waals surface area contributed by atoms with Gasteiger partial charge >= 0.3 is 0 Å². The Kier molecular flexibility index (Phi) is 3.60. The van der Waals surface area contributed by atoms with Gasteiger partial charge in [-0.15, -0.1) is 0 Å². The molecule has 0 aromatic heterocycles. The molecule has 0 unspecified atom stereocenters. The molecule has 0 bridgehead atoms. The maximum atomic E-state index is 5.69.